The van der Waals surface area contributed by atoms with Crippen molar-refractivity contribution in [3.8, 4) is 22.3 Å². The number of carbonyl (C=O) groups is 2. The molecule has 6 aromatic carbocycles. The topological polar surface area (TPSA) is 52.6 Å². The summed E-state index contributed by atoms with van der Waals surface area (Å²) < 4.78 is 42.6. The van der Waals surface area contributed by atoms with Gasteiger partial charge in [-0.1, -0.05) is 0 Å². The molecule has 0 heterocycles. The van der Waals surface area contributed by atoms with E-state index < -0.39 is 40.9 Å². The second kappa shape index (κ2) is 11.6. The van der Waals surface area contributed by atoms with Gasteiger partial charge in [0, 0.05) is 0 Å². The first-order valence-corrected chi connectivity index (χ1v) is 18.1. The van der Waals surface area contributed by atoms with Crippen LogP contribution >= 0.6 is 0 Å². The summed E-state index contributed by atoms with van der Waals surface area (Å²) in [5.41, 5.74) is 8.47. The van der Waals surface area contributed by atoms with Crippen molar-refractivity contribution in [2.75, 3.05) is 0 Å². The van der Waals surface area contributed by atoms with E-state index in [1.807, 2.05) is 60.7 Å². The number of halogens is 2. The molecular formula is C40H26F2O4Ti. The summed E-state index contributed by atoms with van der Waals surface area (Å²) in [6, 6.07) is 38.2. The van der Waals surface area contributed by atoms with Crippen LogP contribution < -0.4 is 7.74 Å². The van der Waals surface area contributed by atoms with Gasteiger partial charge >= 0.3 is 276 Å². The van der Waals surface area contributed by atoms with E-state index in [4.69, 9.17) is 6.64 Å². The van der Waals surface area contributed by atoms with Crippen molar-refractivity contribution < 1.29 is 42.4 Å². The third-order valence-corrected chi connectivity index (χ3v) is 14.2. The molecule has 0 saturated heterocycles. The number of hydrogen-bond acceptors (Lipinski definition) is 4. The van der Waals surface area contributed by atoms with E-state index in [0.717, 1.165) is 44.5 Å². The molecule has 0 unspecified atom stereocenters. The predicted octanol–water partition coefficient (Wildman–Crippen LogP) is 7.76. The van der Waals surface area contributed by atoms with Gasteiger partial charge in [-0.15, -0.1) is 0 Å². The van der Waals surface area contributed by atoms with E-state index >= 15 is 0 Å². The predicted molar refractivity (Wildman–Crippen MR) is 172 cm³/mol. The fourth-order valence-electron chi connectivity index (χ4n) is 6.87. The van der Waals surface area contributed by atoms with Gasteiger partial charge in [-0.25, -0.2) is 0 Å². The van der Waals surface area contributed by atoms with Gasteiger partial charge in [0.2, 0.25) is 0 Å². The van der Waals surface area contributed by atoms with Crippen LogP contribution in [0.25, 0.3) is 22.3 Å². The Hall–Kier alpha value is -5.17. The summed E-state index contributed by atoms with van der Waals surface area (Å²) in [5.74, 6) is -2.43. The Morgan fingerprint density at radius 1 is 0.468 bits per heavy atom. The molecule has 0 saturated carbocycles. The average Bonchev–Trinajstić information content (AvgIpc) is 3.67. The standard InChI is InChI=1S/2C13H9.2C7H5FO2.Ti/c2*1-3-7-12-10(5-1)9-11-6-2-4-8-13(11)12;2*8-6-3-1-5(2-4-6)7(9)10;/h2*1-5,7-8H,9H2;2*1-4H,(H,9,10);/q;;;;+2/p-2. The molecule has 2 aliphatic rings. The summed E-state index contributed by atoms with van der Waals surface area (Å²) in [6.45, 7) is 0. The van der Waals surface area contributed by atoms with Crippen LogP contribution in [0.4, 0.5) is 8.78 Å². The Morgan fingerprint density at radius 3 is 1.28 bits per heavy atom. The van der Waals surface area contributed by atoms with Crippen LogP contribution in [0.15, 0.2) is 133 Å². The fraction of sp³-hybridized carbons (Fsp3) is 0.0500. The van der Waals surface area contributed by atoms with Crippen molar-refractivity contribution in [2.45, 2.75) is 12.8 Å². The number of rotatable bonds is 6. The molecule has 8 rings (SSSR count). The monoisotopic (exact) mass is 656 g/mol. The van der Waals surface area contributed by atoms with Gasteiger partial charge in [-0.05, 0) is 0 Å². The van der Waals surface area contributed by atoms with Crippen LogP contribution in [0.1, 0.15) is 43.0 Å². The summed E-state index contributed by atoms with van der Waals surface area (Å²) in [4.78, 5) is 28.4. The summed E-state index contributed by atoms with van der Waals surface area (Å²) in [6.07, 6.45) is 1.12. The Labute approximate surface area is 274 Å². The Balaban J connectivity index is 1.39. The molecule has 0 N–H and O–H groups in total. The van der Waals surface area contributed by atoms with Crippen LogP contribution in [0.2, 0.25) is 0 Å². The van der Waals surface area contributed by atoms with Gasteiger partial charge in [0.25, 0.3) is 0 Å². The van der Waals surface area contributed by atoms with Gasteiger partial charge in [-0.3, -0.25) is 0 Å². The molecule has 7 heteroatoms. The maximum atomic E-state index is 14.2. The molecule has 2 aliphatic carbocycles. The number of hydrogen-bond donors (Lipinski definition) is 0. The molecule has 0 spiro atoms. The molecular weight excluding hydrogens is 630 g/mol. The molecule has 228 valence electrons. The van der Waals surface area contributed by atoms with Gasteiger partial charge in [-0.2, -0.15) is 0 Å². The first-order valence-electron chi connectivity index (χ1n) is 15.3. The van der Waals surface area contributed by atoms with Crippen LogP contribution in [0, 0.1) is 11.6 Å². The molecule has 0 bridgehead atoms. The third-order valence-electron chi connectivity index (χ3n) is 9.04. The van der Waals surface area contributed by atoms with Crippen molar-refractivity contribution in [3.05, 3.63) is 178 Å². The van der Waals surface area contributed by atoms with E-state index in [2.05, 4.69) is 24.3 Å². The summed E-state index contributed by atoms with van der Waals surface area (Å²) in [7, 11) is 0. The second-order valence-electron chi connectivity index (χ2n) is 11.7. The van der Waals surface area contributed by atoms with Gasteiger partial charge < -0.3 is 0 Å². The van der Waals surface area contributed by atoms with E-state index in [0.29, 0.717) is 20.6 Å². The van der Waals surface area contributed by atoms with Crippen molar-refractivity contribution in [3.63, 3.8) is 0 Å². The van der Waals surface area contributed by atoms with Gasteiger partial charge in [0.15, 0.2) is 0 Å². The van der Waals surface area contributed by atoms with Crippen LogP contribution in [-0.4, -0.2) is 11.9 Å². The molecule has 0 radical (unpaired) electrons. The number of fused-ring (bicyclic) bond motifs is 6. The Morgan fingerprint density at radius 2 is 0.851 bits per heavy atom. The minimum absolute atomic E-state index is 0.131. The molecule has 0 fully saturated rings. The van der Waals surface area contributed by atoms with Crippen molar-refractivity contribution in [2.24, 2.45) is 0 Å². The molecule has 6 aromatic rings. The zero-order chi connectivity index (χ0) is 32.1. The van der Waals surface area contributed by atoms with E-state index in [1.54, 1.807) is 0 Å². The normalized spacial score (nSPS) is 12.5. The Kier molecular flexibility index (Phi) is 7.20. The quantitative estimate of drug-likeness (QED) is 0.172. The molecule has 4 nitrogen and oxygen atoms in total. The first-order chi connectivity index (χ1) is 22.9. The van der Waals surface area contributed by atoms with Crippen molar-refractivity contribution in [1.82, 2.24) is 0 Å². The first kappa shape index (κ1) is 29.3. The fourth-order valence-corrected chi connectivity index (χ4v) is 12.2. The third kappa shape index (κ3) is 5.01. The van der Waals surface area contributed by atoms with E-state index in [1.165, 1.54) is 48.5 Å². The maximum absolute atomic E-state index is 14.2. The number of benzene rings is 6. The van der Waals surface area contributed by atoms with E-state index in [-0.39, 0.29) is 11.1 Å². The van der Waals surface area contributed by atoms with Gasteiger partial charge in [0.1, 0.15) is 0 Å². The zero-order valence-corrected chi connectivity index (χ0v) is 26.6. The number of carbonyl (C=O) groups excluding carboxylic acids is 2. The molecule has 47 heavy (non-hydrogen) atoms. The average molecular weight is 657 g/mol. The molecule has 0 amide bonds. The summed E-state index contributed by atoms with van der Waals surface area (Å²) in [5, 5.41) is 0. The van der Waals surface area contributed by atoms with Crippen LogP contribution in [0.3, 0.4) is 0 Å². The van der Waals surface area contributed by atoms with Crippen LogP contribution in [-0.2, 0) is 36.8 Å². The SMILES string of the molecule is O=C([O][Ti]([O]C(=O)c1ccc(F)cc1)([c]1cccc2c1Cc1ccccc1-2)[c]1cccc2c1Cc1ccccc1-2)c1ccc(F)cc1. The second-order valence-corrected chi connectivity index (χ2v) is 16.0. The van der Waals surface area contributed by atoms with Crippen molar-refractivity contribution in [1.29, 1.82) is 0 Å². The van der Waals surface area contributed by atoms with Gasteiger partial charge in [0.05, 0.1) is 0 Å². The zero-order valence-electron chi connectivity index (χ0n) is 25.0. The molecule has 0 aliphatic heterocycles. The summed E-state index contributed by atoms with van der Waals surface area (Å²) >= 11 is -5.14. The van der Waals surface area contributed by atoms with E-state index in [9.17, 15) is 18.4 Å². The minimum atomic E-state index is -5.14. The molecule has 0 atom stereocenters. The van der Waals surface area contributed by atoms with Crippen molar-refractivity contribution >= 4 is 19.7 Å². The van der Waals surface area contributed by atoms with Crippen LogP contribution in [0.5, 0.6) is 0 Å². The molecule has 0 aromatic heterocycles. The Bertz CT molecular complexity index is 2050.